The standard InChI is InChI=1S/C60H40N2O/c1-3-13-41(14-4-1)42-23-31-47(32-24-42)61(48-33-25-43(26-34-48)44-27-35-50(36-28-44)62-56-20-10-7-17-53(56)54-18-8-11-21-57(54)62)49-37-29-46(30-38-49)51-39-40-52(45-15-5-2-6-16-45)60-59(51)55-19-9-12-22-58(55)63-60/h1-40H. The second-order valence-corrected chi connectivity index (χ2v) is 16.1. The van der Waals surface area contributed by atoms with Crippen molar-refractivity contribution in [1.29, 1.82) is 0 Å². The zero-order chi connectivity index (χ0) is 41.7. The summed E-state index contributed by atoms with van der Waals surface area (Å²) >= 11 is 0. The fourth-order valence-electron chi connectivity index (χ4n) is 9.39. The maximum Gasteiger partial charge on any atom is 0.143 e. The van der Waals surface area contributed by atoms with E-state index in [1.807, 2.05) is 6.07 Å². The quantitative estimate of drug-likeness (QED) is 0.153. The Labute approximate surface area is 366 Å². The summed E-state index contributed by atoms with van der Waals surface area (Å²) in [5.41, 5.74) is 17.8. The van der Waals surface area contributed by atoms with Gasteiger partial charge in [-0.15, -0.1) is 0 Å². The highest BCUT2D eigenvalue weighted by Crippen LogP contribution is 2.43. The van der Waals surface area contributed by atoms with Crippen LogP contribution in [0.25, 0.3) is 93.9 Å². The molecule has 0 aliphatic heterocycles. The van der Waals surface area contributed by atoms with Crippen molar-refractivity contribution < 1.29 is 4.42 Å². The Morgan fingerprint density at radius 2 is 0.698 bits per heavy atom. The van der Waals surface area contributed by atoms with Gasteiger partial charge in [0.15, 0.2) is 0 Å². The second-order valence-electron chi connectivity index (χ2n) is 16.1. The minimum absolute atomic E-state index is 0.890. The molecule has 0 aliphatic carbocycles. The summed E-state index contributed by atoms with van der Waals surface area (Å²) < 4.78 is 8.97. The average Bonchev–Trinajstić information content (AvgIpc) is 3.92. The lowest BCUT2D eigenvalue weighted by molar-refractivity contribution is 0.670. The van der Waals surface area contributed by atoms with Crippen LogP contribution in [0.5, 0.6) is 0 Å². The summed E-state index contributed by atoms with van der Waals surface area (Å²) in [7, 11) is 0. The summed E-state index contributed by atoms with van der Waals surface area (Å²) in [4.78, 5) is 2.34. The van der Waals surface area contributed by atoms with Gasteiger partial charge in [-0.3, -0.25) is 0 Å². The van der Waals surface area contributed by atoms with E-state index in [1.165, 1.54) is 38.5 Å². The molecule has 12 aromatic rings. The molecule has 0 saturated heterocycles. The van der Waals surface area contributed by atoms with Gasteiger partial charge in [0.2, 0.25) is 0 Å². The number of para-hydroxylation sites is 3. The molecule has 10 aromatic carbocycles. The maximum atomic E-state index is 6.61. The van der Waals surface area contributed by atoms with Crippen LogP contribution in [0.3, 0.4) is 0 Å². The summed E-state index contributed by atoms with van der Waals surface area (Å²) in [6.07, 6.45) is 0. The molecule has 296 valence electrons. The number of rotatable bonds is 8. The van der Waals surface area contributed by atoms with Crippen LogP contribution in [0.1, 0.15) is 0 Å². The Hall–Kier alpha value is -8.40. The molecule has 0 spiro atoms. The first kappa shape index (κ1) is 36.5. The number of hydrogen-bond acceptors (Lipinski definition) is 2. The van der Waals surface area contributed by atoms with Crippen molar-refractivity contribution in [1.82, 2.24) is 4.57 Å². The highest BCUT2D eigenvalue weighted by molar-refractivity contribution is 6.16. The Kier molecular flexibility index (Phi) is 8.83. The van der Waals surface area contributed by atoms with E-state index >= 15 is 0 Å². The molecule has 0 radical (unpaired) electrons. The Balaban J connectivity index is 0.912. The zero-order valence-electron chi connectivity index (χ0n) is 34.4. The van der Waals surface area contributed by atoms with Gasteiger partial charge in [-0.05, 0) is 112 Å². The first-order valence-electron chi connectivity index (χ1n) is 21.5. The molecular weight excluding hydrogens is 765 g/mol. The third-order valence-corrected chi connectivity index (χ3v) is 12.4. The zero-order valence-corrected chi connectivity index (χ0v) is 34.4. The lowest BCUT2D eigenvalue weighted by atomic mass is 9.94. The molecule has 0 unspecified atom stereocenters. The molecule has 3 heteroatoms. The number of benzene rings is 10. The van der Waals surface area contributed by atoms with E-state index < -0.39 is 0 Å². The number of fused-ring (bicyclic) bond motifs is 6. The van der Waals surface area contributed by atoms with Crippen LogP contribution in [-0.2, 0) is 0 Å². The summed E-state index contributed by atoms with van der Waals surface area (Å²) in [5, 5.41) is 4.78. The smallest absolute Gasteiger partial charge is 0.143 e. The molecule has 0 saturated carbocycles. The van der Waals surface area contributed by atoms with Crippen molar-refractivity contribution in [2.24, 2.45) is 0 Å². The molecule has 2 heterocycles. The van der Waals surface area contributed by atoms with Gasteiger partial charge >= 0.3 is 0 Å². The molecule has 0 aliphatic rings. The van der Waals surface area contributed by atoms with Crippen LogP contribution in [0.2, 0.25) is 0 Å². The van der Waals surface area contributed by atoms with E-state index in [4.69, 9.17) is 4.42 Å². The number of furan rings is 1. The van der Waals surface area contributed by atoms with Crippen LogP contribution in [-0.4, -0.2) is 4.57 Å². The first-order valence-corrected chi connectivity index (χ1v) is 21.5. The topological polar surface area (TPSA) is 21.3 Å². The van der Waals surface area contributed by atoms with Crippen molar-refractivity contribution in [2.75, 3.05) is 4.90 Å². The number of hydrogen-bond donors (Lipinski definition) is 0. The van der Waals surface area contributed by atoms with Crippen molar-refractivity contribution in [3.63, 3.8) is 0 Å². The molecule has 3 nitrogen and oxygen atoms in total. The van der Waals surface area contributed by atoms with E-state index in [-0.39, 0.29) is 0 Å². The lowest BCUT2D eigenvalue weighted by Crippen LogP contribution is -2.09. The monoisotopic (exact) mass is 804 g/mol. The minimum atomic E-state index is 0.890. The fourth-order valence-corrected chi connectivity index (χ4v) is 9.39. The third-order valence-electron chi connectivity index (χ3n) is 12.4. The van der Waals surface area contributed by atoms with Crippen molar-refractivity contribution in [3.05, 3.63) is 243 Å². The van der Waals surface area contributed by atoms with Gasteiger partial charge in [-0.1, -0.05) is 170 Å². The largest absolute Gasteiger partial charge is 0.455 e. The molecule has 0 N–H and O–H groups in total. The summed E-state index contributed by atoms with van der Waals surface area (Å²) in [6.45, 7) is 0. The number of nitrogens with zero attached hydrogens (tertiary/aromatic N) is 2. The van der Waals surface area contributed by atoms with Crippen molar-refractivity contribution in [3.8, 4) is 50.2 Å². The van der Waals surface area contributed by atoms with Crippen LogP contribution >= 0.6 is 0 Å². The first-order chi connectivity index (χ1) is 31.2. The second kappa shape index (κ2) is 15.3. The highest BCUT2D eigenvalue weighted by Gasteiger charge is 2.19. The Morgan fingerprint density at radius 1 is 0.302 bits per heavy atom. The predicted molar refractivity (Wildman–Crippen MR) is 264 cm³/mol. The molecule has 0 atom stereocenters. The summed E-state index contributed by atoms with van der Waals surface area (Å²) in [5.74, 6) is 0. The van der Waals surface area contributed by atoms with Gasteiger partial charge in [-0.2, -0.15) is 0 Å². The third kappa shape index (κ3) is 6.38. The predicted octanol–water partition coefficient (Wildman–Crippen LogP) is 16.8. The normalized spacial score (nSPS) is 11.5. The van der Waals surface area contributed by atoms with Gasteiger partial charge in [0.05, 0.1) is 11.0 Å². The van der Waals surface area contributed by atoms with Crippen LogP contribution < -0.4 is 4.90 Å². The molecule has 63 heavy (non-hydrogen) atoms. The van der Waals surface area contributed by atoms with Crippen molar-refractivity contribution in [2.45, 2.75) is 0 Å². The van der Waals surface area contributed by atoms with E-state index in [9.17, 15) is 0 Å². The maximum absolute atomic E-state index is 6.61. The summed E-state index contributed by atoms with van der Waals surface area (Å²) in [6, 6.07) is 86.9. The minimum Gasteiger partial charge on any atom is -0.455 e. The van der Waals surface area contributed by atoms with Gasteiger partial charge in [0, 0.05) is 49.9 Å². The molecule has 0 bridgehead atoms. The molecule has 2 aromatic heterocycles. The van der Waals surface area contributed by atoms with Gasteiger partial charge in [0.25, 0.3) is 0 Å². The molecular formula is C60H40N2O. The number of anilines is 3. The fraction of sp³-hybridized carbons (Fsp3) is 0. The Bertz CT molecular complexity index is 3510. The van der Waals surface area contributed by atoms with Gasteiger partial charge in [0.1, 0.15) is 11.2 Å². The van der Waals surface area contributed by atoms with E-state index in [0.29, 0.717) is 0 Å². The van der Waals surface area contributed by atoms with E-state index in [0.717, 1.165) is 72.5 Å². The molecule has 0 amide bonds. The SMILES string of the molecule is c1ccc(-c2ccc(N(c3ccc(-c4ccc(-n5c6ccccc6c6ccccc65)cc4)cc3)c3ccc(-c4ccc(-c5ccccc5)c5oc6ccccc6c45)cc3)cc2)cc1. The van der Waals surface area contributed by atoms with E-state index in [1.54, 1.807) is 0 Å². The van der Waals surface area contributed by atoms with Gasteiger partial charge < -0.3 is 13.9 Å². The van der Waals surface area contributed by atoms with Gasteiger partial charge in [-0.25, -0.2) is 0 Å². The van der Waals surface area contributed by atoms with Crippen molar-refractivity contribution >= 4 is 60.8 Å². The molecule has 0 fully saturated rings. The lowest BCUT2D eigenvalue weighted by Gasteiger charge is -2.26. The van der Waals surface area contributed by atoms with Crippen LogP contribution in [0.15, 0.2) is 247 Å². The average molecular weight is 805 g/mol. The van der Waals surface area contributed by atoms with Crippen LogP contribution in [0, 0.1) is 0 Å². The Morgan fingerprint density at radius 3 is 1.25 bits per heavy atom. The van der Waals surface area contributed by atoms with E-state index in [2.05, 4.69) is 246 Å². The van der Waals surface area contributed by atoms with Crippen LogP contribution in [0.4, 0.5) is 17.1 Å². The highest BCUT2D eigenvalue weighted by atomic mass is 16.3. The number of aromatic nitrogens is 1. The molecule has 12 rings (SSSR count).